The Morgan fingerprint density at radius 2 is 1.64 bits per heavy atom. The zero-order valence-electron chi connectivity index (χ0n) is 7.86. The Morgan fingerprint density at radius 3 is 2.21 bits per heavy atom. The number of carboxylic acid groups (broad SMARTS) is 2. The molecule has 0 heterocycles. The summed E-state index contributed by atoms with van der Waals surface area (Å²) in [4.78, 5) is 20.1. The van der Waals surface area contributed by atoms with Gasteiger partial charge in [-0.15, -0.1) is 0 Å². The quantitative estimate of drug-likeness (QED) is 0.441. The van der Waals surface area contributed by atoms with Crippen LogP contribution in [0.3, 0.4) is 0 Å². The van der Waals surface area contributed by atoms with Gasteiger partial charge >= 0.3 is 11.9 Å². The zero-order chi connectivity index (χ0) is 10.8. The first-order valence-corrected chi connectivity index (χ1v) is 4.35. The highest BCUT2D eigenvalue weighted by atomic mass is 16.5. The molecule has 0 aromatic heterocycles. The molecular weight excluding hydrogens is 190 g/mol. The summed E-state index contributed by atoms with van der Waals surface area (Å²) in [7, 11) is 0. The third kappa shape index (κ3) is 10.9. The van der Waals surface area contributed by atoms with Crippen molar-refractivity contribution in [2.45, 2.75) is 12.8 Å². The summed E-state index contributed by atoms with van der Waals surface area (Å²) in [5.74, 6) is -1.73. The van der Waals surface area contributed by atoms with Crippen molar-refractivity contribution in [3.8, 4) is 0 Å². The van der Waals surface area contributed by atoms with Gasteiger partial charge in [-0.1, -0.05) is 0 Å². The number of ether oxygens (including phenoxy) is 1. The minimum absolute atomic E-state index is 0.00484. The summed E-state index contributed by atoms with van der Waals surface area (Å²) >= 11 is 0. The Kier molecular flexibility index (Phi) is 7.77. The molecule has 0 fully saturated rings. The smallest absolute Gasteiger partial charge is 0.305 e. The van der Waals surface area contributed by atoms with Crippen LogP contribution in [0.2, 0.25) is 0 Å². The van der Waals surface area contributed by atoms with Gasteiger partial charge in [0.05, 0.1) is 26.1 Å². The van der Waals surface area contributed by atoms with E-state index < -0.39 is 11.9 Å². The summed E-state index contributed by atoms with van der Waals surface area (Å²) < 4.78 is 4.96. The molecule has 0 saturated carbocycles. The SMILES string of the molecule is O=C(O)CCNCCOCCC(=O)O. The molecule has 0 aliphatic carbocycles. The maximum absolute atomic E-state index is 10.1. The van der Waals surface area contributed by atoms with Gasteiger partial charge in [0, 0.05) is 13.1 Å². The lowest BCUT2D eigenvalue weighted by Crippen LogP contribution is -2.23. The second-order valence-corrected chi connectivity index (χ2v) is 2.65. The number of nitrogens with one attached hydrogen (secondary N) is 1. The van der Waals surface area contributed by atoms with Crippen LogP contribution in [-0.4, -0.2) is 48.5 Å². The standard InChI is InChI=1S/C8H15NO5/c10-7(11)1-3-9-4-6-14-5-2-8(12)13/h9H,1-6H2,(H,10,11)(H,12,13). The van der Waals surface area contributed by atoms with E-state index >= 15 is 0 Å². The minimum Gasteiger partial charge on any atom is -0.481 e. The average Bonchev–Trinajstić information content (AvgIpc) is 2.08. The first-order valence-electron chi connectivity index (χ1n) is 4.35. The van der Waals surface area contributed by atoms with E-state index in [9.17, 15) is 9.59 Å². The van der Waals surface area contributed by atoms with Crippen molar-refractivity contribution in [2.75, 3.05) is 26.3 Å². The maximum atomic E-state index is 10.1. The maximum Gasteiger partial charge on any atom is 0.305 e. The fourth-order valence-electron chi connectivity index (χ4n) is 0.726. The molecule has 0 aliphatic rings. The Bertz CT molecular complexity index is 163. The van der Waals surface area contributed by atoms with Crippen LogP contribution in [0.15, 0.2) is 0 Å². The van der Waals surface area contributed by atoms with Gasteiger partial charge in [-0.05, 0) is 0 Å². The molecule has 82 valence electrons. The zero-order valence-corrected chi connectivity index (χ0v) is 7.86. The third-order valence-electron chi connectivity index (χ3n) is 1.40. The number of rotatable bonds is 9. The van der Waals surface area contributed by atoms with Gasteiger partial charge < -0.3 is 20.3 Å². The van der Waals surface area contributed by atoms with E-state index in [0.29, 0.717) is 19.7 Å². The van der Waals surface area contributed by atoms with Gasteiger partial charge in [-0.2, -0.15) is 0 Å². The lowest BCUT2D eigenvalue weighted by atomic mass is 10.4. The average molecular weight is 205 g/mol. The summed E-state index contributed by atoms with van der Waals surface area (Å²) in [5.41, 5.74) is 0. The lowest BCUT2D eigenvalue weighted by Gasteiger charge is -2.03. The second-order valence-electron chi connectivity index (χ2n) is 2.65. The number of hydrogen-bond donors (Lipinski definition) is 3. The van der Waals surface area contributed by atoms with Crippen LogP contribution in [-0.2, 0) is 14.3 Å². The predicted octanol–water partition coefficient (Wildman–Crippen LogP) is -0.458. The lowest BCUT2D eigenvalue weighted by molar-refractivity contribution is -0.138. The van der Waals surface area contributed by atoms with Crippen LogP contribution in [0.25, 0.3) is 0 Å². The van der Waals surface area contributed by atoms with Crippen molar-refractivity contribution in [3.05, 3.63) is 0 Å². The van der Waals surface area contributed by atoms with E-state index in [1.165, 1.54) is 0 Å². The summed E-state index contributed by atoms with van der Waals surface area (Å²) in [6.45, 7) is 1.52. The largest absolute Gasteiger partial charge is 0.481 e. The Balaban J connectivity index is 2.99. The summed E-state index contributed by atoms with van der Waals surface area (Å²) in [6, 6.07) is 0. The van der Waals surface area contributed by atoms with E-state index in [4.69, 9.17) is 14.9 Å². The minimum atomic E-state index is -0.885. The van der Waals surface area contributed by atoms with Crippen molar-refractivity contribution < 1.29 is 24.5 Å². The number of hydrogen-bond acceptors (Lipinski definition) is 4. The molecule has 14 heavy (non-hydrogen) atoms. The molecule has 0 aromatic carbocycles. The summed E-state index contributed by atoms with van der Waals surface area (Å²) in [6.07, 6.45) is 0.0737. The molecule has 0 aliphatic heterocycles. The topological polar surface area (TPSA) is 95.9 Å². The van der Waals surface area contributed by atoms with Crippen LogP contribution in [0.4, 0.5) is 0 Å². The Morgan fingerprint density at radius 1 is 1.00 bits per heavy atom. The van der Waals surface area contributed by atoms with Crippen LogP contribution >= 0.6 is 0 Å². The first kappa shape index (κ1) is 12.9. The molecular formula is C8H15NO5. The molecule has 3 N–H and O–H groups in total. The van der Waals surface area contributed by atoms with Crippen molar-refractivity contribution in [2.24, 2.45) is 0 Å². The molecule has 0 atom stereocenters. The van der Waals surface area contributed by atoms with Crippen LogP contribution in [0, 0.1) is 0 Å². The van der Waals surface area contributed by atoms with Gasteiger partial charge in [0.15, 0.2) is 0 Å². The predicted molar refractivity (Wildman–Crippen MR) is 48.2 cm³/mol. The monoisotopic (exact) mass is 205 g/mol. The highest BCUT2D eigenvalue weighted by molar-refractivity contribution is 5.67. The number of carbonyl (C=O) groups is 2. The van der Waals surface area contributed by atoms with Crippen LogP contribution < -0.4 is 5.32 Å². The highest BCUT2D eigenvalue weighted by Crippen LogP contribution is 1.82. The van der Waals surface area contributed by atoms with Crippen LogP contribution in [0.5, 0.6) is 0 Å². The molecule has 6 nitrogen and oxygen atoms in total. The number of aliphatic carboxylic acids is 2. The van der Waals surface area contributed by atoms with Gasteiger partial charge in [-0.25, -0.2) is 0 Å². The molecule has 0 amide bonds. The fraction of sp³-hybridized carbons (Fsp3) is 0.750. The Labute approximate surface area is 81.9 Å². The van der Waals surface area contributed by atoms with E-state index in [0.717, 1.165) is 0 Å². The van der Waals surface area contributed by atoms with E-state index in [-0.39, 0.29) is 19.4 Å². The van der Waals surface area contributed by atoms with Gasteiger partial charge in [0.1, 0.15) is 0 Å². The molecule has 0 aromatic rings. The third-order valence-corrected chi connectivity index (χ3v) is 1.40. The molecule has 0 saturated heterocycles. The van der Waals surface area contributed by atoms with Crippen molar-refractivity contribution >= 4 is 11.9 Å². The van der Waals surface area contributed by atoms with E-state index in [1.807, 2.05) is 0 Å². The highest BCUT2D eigenvalue weighted by Gasteiger charge is 1.97. The second kappa shape index (κ2) is 8.46. The molecule has 0 unspecified atom stereocenters. The van der Waals surface area contributed by atoms with Gasteiger partial charge in [-0.3, -0.25) is 9.59 Å². The first-order chi connectivity index (χ1) is 6.63. The number of carboxylic acids is 2. The van der Waals surface area contributed by atoms with E-state index in [2.05, 4.69) is 5.32 Å². The molecule has 0 spiro atoms. The normalized spacial score (nSPS) is 10.0. The van der Waals surface area contributed by atoms with Crippen molar-refractivity contribution in [3.63, 3.8) is 0 Å². The van der Waals surface area contributed by atoms with Crippen molar-refractivity contribution in [1.29, 1.82) is 0 Å². The van der Waals surface area contributed by atoms with Crippen molar-refractivity contribution in [1.82, 2.24) is 5.32 Å². The summed E-state index contributed by atoms with van der Waals surface area (Å²) in [5, 5.41) is 19.4. The van der Waals surface area contributed by atoms with Crippen LogP contribution in [0.1, 0.15) is 12.8 Å². The van der Waals surface area contributed by atoms with Gasteiger partial charge in [0.2, 0.25) is 0 Å². The molecule has 0 radical (unpaired) electrons. The van der Waals surface area contributed by atoms with Gasteiger partial charge in [0.25, 0.3) is 0 Å². The fourth-order valence-corrected chi connectivity index (χ4v) is 0.726. The van der Waals surface area contributed by atoms with E-state index in [1.54, 1.807) is 0 Å². The molecule has 0 bridgehead atoms. The molecule has 6 heteroatoms. The molecule has 0 rings (SSSR count). The Hall–Kier alpha value is -1.14.